The fourth-order valence-electron chi connectivity index (χ4n) is 1.40. The van der Waals surface area contributed by atoms with Crippen LogP contribution in [0.25, 0.3) is 0 Å². The molecule has 9 heteroatoms. The normalized spacial score (nSPS) is 11.7. The molecule has 2 rings (SSSR count). The Hall–Kier alpha value is -1.84. The Morgan fingerprint density at radius 2 is 2.21 bits per heavy atom. The summed E-state index contributed by atoms with van der Waals surface area (Å²) in [5.74, 6) is -0.703. The zero-order chi connectivity index (χ0) is 13.9. The smallest absolute Gasteiger partial charge is 0.243 e. The van der Waals surface area contributed by atoms with Gasteiger partial charge in [-0.05, 0) is 17.7 Å². The first-order valence-electron chi connectivity index (χ1n) is 5.26. The zero-order valence-electron chi connectivity index (χ0n) is 9.71. The molecule has 1 aromatic heterocycles. The summed E-state index contributed by atoms with van der Waals surface area (Å²) < 4.78 is 44.1. The SMILES string of the molecule is NCc1ccc(S(=O)(=O)NCc2ncon2)c(F)c1. The minimum atomic E-state index is -3.98. The maximum Gasteiger partial charge on any atom is 0.243 e. The zero-order valence-corrected chi connectivity index (χ0v) is 10.5. The average Bonchev–Trinajstić information content (AvgIpc) is 2.89. The number of rotatable bonds is 5. The number of hydrogen-bond acceptors (Lipinski definition) is 6. The first kappa shape index (κ1) is 13.6. The molecule has 19 heavy (non-hydrogen) atoms. The van der Waals surface area contributed by atoms with Crippen LogP contribution in [0.4, 0.5) is 4.39 Å². The van der Waals surface area contributed by atoms with Crippen LogP contribution < -0.4 is 10.5 Å². The summed E-state index contributed by atoms with van der Waals surface area (Å²) in [4.78, 5) is 3.20. The van der Waals surface area contributed by atoms with E-state index in [1.54, 1.807) is 0 Å². The maximum atomic E-state index is 13.7. The van der Waals surface area contributed by atoms with Gasteiger partial charge in [0.25, 0.3) is 0 Å². The average molecular weight is 286 g/mol. The first-order chi connectivity index (χ1) is 9.03. The molecule has 0 atom stereocenters. The number of benzene rings is 1. The second-order valence-electron chi connectivity index (χ2n) is 3.64. The van der Waals surface area contributed by atoms with Crippen LogP contribution in [-0.2, 0) is 23.1 Å². The predicted octanol–water partition coefficient (Wildman–Crippen LogP) is 0.146. The highest BCUT2D eigenvalue weighted by Gasteiger charge is 2.19. The van der Waals surface area contributed by atoms with Gasteiger partial charge in [-0.3, -0.25) is 0 Å². The van der Waals surface area contributed by atoms with Gasteiger partial charge in [-0.15, -0.1) is 0 Å². The molecule has 0 saturated heterocycles. The van der Waals surface area contributed by atoms with Crippen LogP contribution in [0.3, 0.4) is 0 Å². The van der Waals surface area contributed by atoms with E-state index < -0.39 is 20.7 Å². The van der Waals surface area contributed by atoms with Crippen molar-refractivity contribution in [2.45, 2.75) is 18.0 Å². The van der Waals surface area contributed by atoms with Crippen molar-refractivity contribution >= 4 is 10.0 Å². The van der Waals surface area contributed by atoms with Crippen LogP contribution >= 0.6 is 0 Å². The summed E-state index contributed by atoms with van der Waals surface area (Å²) in [5, 5.41) is 3.44. The van der Waals surface area contributed by atoms with Crippen molar-refractivity contribution in [3.05, 3.63) is 41.8 Å². The second kappa shape index (κ2) is 5.43. The van der Waals surface area contributed by atoms with Crippen molar-refractivity contribution in [3.63, 3.8) is 0 Å². The number of sulfonamides is 1. The maximum absolute atomic E-state index is 13.7. The van der Waals surface area contributed by atoms with Gasteiger partial charge in [-0.1, -0.05) is 11.2 Å². The van der Waals surface area contributed by atoms with Crippen molar-refractivity contribution in [3.8, 4) is 0 Å². The Kier molecular flexibility index (Phi) is 3.88. The molecular formula is C10H11FN4O3S. The molecule has 7 nitrogen and oxygen atoms in total. The Morgan fingerprint density at radius 1 is 1.42 bits per heavy atom. The van der Waals surface area contributed by atoms with Gasteiger partial charge in [-0.25, -0.2) is 17.5 Å². The predicted molar refractivity (Wildman–Crippen MR) is 62.6 cm³/mol. The molecule has 0 radical (unpaired) electrons. The molecule has 0 amide bonds. The van der Waals surface area contributed by atoms with Crippen molar-refractivity contribution in [2.24, 2.45) is 5.73 Å². The highest BCUT2D eigenvalue weighted by molar-refractivity contribution is 7.89. The van der Waals surface area contributed by atoms with Crippen LogP contribution in [0.1, 0.15) is 11.4 Å². The molecule has 3 N–H and O–H groups in total. The highest BCUT2D eigenvalue weighted by atomic mass is 32.2. The number of halogens is 1. The van der Waals surface area contributed by atoms with E-state index in [2.05, 4.69) is 19.4 Å². The van der Waals surface area contributed by atoms with Gasteiger partial charge in [-0.2, -0.15) is 4.98 Å². The van der Waals surface area contributed by atoms with Crippen LogP contribution in [-0.4, -0.2) is 18.6 Å². The molecule has 0 aliphatic rings. The molecule has 0 unspecified atom stereocenters. The standard InChI is InChI=1S/C10H11FN4O3S/c11-8-3-7(4-12)1-2-9(8)19(16,17)14-5-10-13-6-18-15-10/h1-3,6,14H,4-5,12H2. The van der Waals surface area contributed by atoms with Crippen LogP contribution in [0.15, 0.2) is 34.0 Å². The molecule has 1 heterocycles. The van der Waals surface area contributed by atoms with Crippen molar-refractivity contribution < 1.29 is 17.3 Å². The lowest BCUT2D eigenvalue weighted by Crippen LogP contribution is -2.24. The summed E-state index contributed by atoms with van der Waals surface area (Å²) in [6.07, 6.45) is 1.07. The van der Waals surface area contributed by atoms with Gasteiger partial charge in [0.15, 0.2) is 5.82 Å². The Morgan fingerprint density at radius 3 is 2.79 bits per heavy atom. The third kappa shape index (κ3) is 3.13. The van der Waals surface area contributed by atoms with Crippen molar-refractivity contribution in [1.29, 1.82) is 0 Å². The number of hydrogen-bond donors (Lipinski definition) is 2. The largest absolute Gasteiger partial charge is 0.343 e. The molecular weight excluding hydrogens is 275 g/mol. The van der Waals surface area contributed by atoms with Gasteiger partial charge >= 0.3 is 0 Å². The Balaban J connectivity index is 2.19. The molecule has 0 fully saturated rings. The number of nitrogens with two attached hydrogens (primary N) is 1. The van der Waals surface area contributed by atoms with Crippen LogP contribution in [0.5, 0.6) is 0 Å². The molecule has 0 spiro atoms. The summed E-state index contributed by atoms with van der Waals surface area (Å²) in [6, 6.07) is 3.70. The summed E-state index contributed by atoms with van der Waals surface area (Å²) in [5.41, 5.74) is 5.85. The molecule has 0 bridgehead atoms. The molecule has 2 aromatic rings. The summed E-state index contributed by atoms with van der Waals surface area (Å²) in [6.45, 7) is -0.0511. The molecule has 0 saturated carbocycles. The van der Waals surface area contributed by atoms with Crippen LogP contribution in [0, 0.1) is 5.82 Å². The lowest BCUT2D eigenvalue weighted by molar-refractivity contribution is 0.409. The van der Waals surface area contributed by atoms with Gasteiger partial charge < -0.3 is 10.3 Å². The number of aromatic nitrogens is 2. The number of nitrogens with one attached hydrogen (secondary N) is 1. The van der Waals surface area contributed by atoms with Gasteiger partial charge in [0.1, 0.15) is 10.7 Å². The monoisotopic (exact) mass is 286 g/mol. The van der Waals surface area contributed by atoms with Crippen molar-refractivity contribution in [2.75, 3.05) is 0 Å². The molecule has 0 aliphatic carbocycles. The first-order valence-corrected chi connectivity index (χ1v) is 6.74. The fourth-order valence-corrected chi connectivity index (χ4v) is 2.43. The lowest BCUT2D eigenvalue weighted by atomic mass is 10.2. The molecule has 1 aromatic carbocycles. The van der Waals surface area contributed by atoms with E-state index in [0.717, 1.165) is 18.5 Å². The van der Waals surface area contributed by atoms with E-state index in [-0.39, 0.29) is 18.9 Å². The van der Waals surface area contributed by atoms with E-state index in [0.29, 0.717) is 5.56 Å². The molecule has 102 valence electrons. The summed E-state index contributed by atoms with van der Waals surface area (Å²) in [7, 11) is -3.98. The topological polar surface area (TPSA) is 111 Å². The third-order valence-electron chi connectivity index (χ3n) is 2.35. The second-order valence-corrected chi connectivity index (χ2v) is 5.38. The Bertz CT molecular complexity index is 657. The lowest BCUT2D eigenvalue weighted by Gasteiger charge is -2.07. The Labute approximate surface area is 108 Å². The fraction of sp³-hybridized carbons (Fsp3) is 0.200. The van der Waals surface area contributed by atoms with Crippen LogP contribution in [0.2, 0.25) is 0 Å². The highest BCUT2D eigenvalue weighted by Crippen LogP contribution is 2.16. The minimum absolute atomic E-state index is 0.132. The summed E-state index contributed by atoms with van der Waals surface area (Å²) >= 11 is 0. The van der Waals surface area contributed by atoms with E-state index >= 15 is 0 Å². The van der Waals surface area contributed by atoms with E-state index in [4.69, 9.17) is 5.73 Å². The van der Waals surface area contributed by atoms with Gasteiger partial charge in [0.05, 0.1) is 6.54 Å². The van der Waals surface area contributed by atoms with Crippen molar-refractivity contribution in [1.82, 2.24) is 14.9 Å². The number of nitrogens with zero attached hydrogens (tertiary/aromatic N) is 2. The molecule has 0 aliphatic heterocycles. The quantitative estimate of drug-likeness (QED) is 0.809. The van der Waals surface area contributed by atoms with Gasteiger partial charge in [0, 0.05) is 6.54 Å². The van der Waals surface area contributed by atoms with E-state index in [9.17, 15) is 12.8 Å². The minimum Gasteiger partial charge on any atom is -0.343 e. The van der Waals surface area contributed by atoms with E-state index in [1.807, 2.05) is 0 Å². The third-order valence-corrected chi connectivity index (χ3v) is 3.78. The van der Waals surface area contributed by atoms with Gasteiger partial charge in [0.2, 0.25) is 16.4 Å². The van der Waals surface area contributed by atoms with E-state index in [1.165, 1.54) is 6.07 Å².